The van der Waals surface area contributed by atoms with E-state index in [1.165, 1.54) is 17.3 Å². The van der Waals surface area contributed by atoms with Crippen LogP contribution in [0, 0.1) is 6.92 Å². The van der Waals surface area contributed by atoms with Crippen molar-refractivity contribution in [1.82, 2.24) is 24.5 Å². The van der Waals surface area contributed by atoms with Gasteiger partial charge in [-0.2, -0.15) is 5.10 Å². The first-order valence-electron chi connectivity index (χ1n) is 11.2. The third-order valence-electron chi connectivity index (χ3n) is 5.71. The molecule has 0 saturated heterocycles. The van der Waals surface area contributed by atoms with Gasteiger partial charge in [-0.05, 0) is 43.9 Å². The van der Waals surface area contributed by atoms with E-state index in [0.29, 0.717) is 11.9 Å². The van der Waals surface area contributed by atoms with Crippen molar-refractivity contribution in [3.8, 4) is 16.9 Å². The van der Waals surface area contributed by atoms with Crippen molar-refractivity contribution in [3.63, 3.8) is 0 Å². The van der Waals surface area contributed by atoms with Gasteiger partial charge in [0.1, 0.15) is 11.6 Å². The quantitative estimate of drug-likeness (QED) is 0.373. The third-order valence-corrected chi connectivity index (χ3v) is 6.66. The number of nitrogens with one attached hydrogen (secondary N) is 1. The molecule has 1 aliphatic rings. The lowest BCUT2D eigenvalue weighted by Crippen LogP contribution is -2.17. The highest BCUT2D eigenvalue weighted by Gasteiger charge is 2.28. The number of thioether (sulfide) groups is 1. The normalized spacial score (nSPS) is 13.3. The molecule has 1 aliphatic carbocycles. The van der Waals surface area contributed by atoms with E-state index < -0.39 is 0 Å². The SMILES string of the molecule is CCc1ccc(-c2cc(NC(=O)CSc3nnc(C)n3C3CC3)n(-c3ccccc3)n2)cc1. The van der Waals surface area contributed by atoms with Crippen molar-refractivity contribution in [2.45, 2.75) is 44.3 Å². The summed E-state index contributed by atoms with van der Waals surface area (Å²) in [6.07, 6.45) is 3.29. The van der Waals surface area contributed by atoms with Crippen LogP contribution in [0.5, 0.6) is 0 Å². The summed E-state index contributed by atoms with van der Waals surface area (Å²) in [5, 5.41) is 17.1. The number of para-hydroxylation sites is 1. The molecule has 0 aliphatic heterocycles. The first-order chi connectivity index (χ1) is 16.1. The van der Waals surface area contributed by atoms with E-state index in [2.05, 4.69) is 51.3 Å². The monoisotopic (exact) mass is 458 g/mol. The largest absolute Gasteiger partial charge is 0.310 e. The number of aromatic nitrogens is 5. The molecular formula is C25H26N6OS. The summed E-state index contributed by atoms with van der Waals surface area (Å²) in [6.45, 7) is 4.10. The van der Waals surface area contributed by atoms with Crippen LogP contribution in [0.3, 0.4) is 0 Å². The van der Waals surface area contributed by atoms with Crippen molar-refractivity contribution in [2.24, 2.45) is 0 Å². The molecule has 0 radical (unpaired) electrons. The maximum absolute atomic E-state index is 12.9. The van der Waals surface area contributed by atoms with E-state index in [1.807, 2.05) is 43.3 Å². The molecular weight excluding hydrogens is 432 g/mol. The van der Waals surface area contributed by atoms with Gasteiger partial charge in [-0.3, -0.25) is 4.79 Å². The Hall–Kier alpha value is -3.39. The molecule has 2 heterocycles. The van der Waals surface area contributed by atoms with Crippen molar-refractivity contribution < 1.29 is 4.79 Å². The number of hydrogen-bond donors (Lipinski definition) is 1. The maximum Gasteiger partial charge on any atom is 0.236 e. The first kappa shape index (κ1) is 21.5. The second kappa shape index (κ2) is 9.23. The van der Waals surface area contributed by atoms with Crippen LogP contribution < -0.4 is 5.32 Å². The van der Waals surface area contributed by atoms with E-state index in [4.69, 9.17) is 5.10 Å². The molecule has 0 spiro atoms. The van der Waals surface area contributed by atoms with Gasteiger partial charge < -0.3 is 9.88 Å². The summed E-state index contributed by atoms with van der Waals surface area (Å²) < 4.78 is 3.92. The topological polar surface area (TPSA) is 77.6 Å². The average molecular weight is 459 g/mol. The van der Waals surface area contributed by atoms with E-state index in [0.717, 1.165) is 47.2 Å². The van der Waals surface area contributed by atoms with Crippen LogP contribution in [-0.2, 0) is 11.2 Å². The number of nitrogens with zero attached hydrogens (tertiary/aromatic N) is 5. The molecule has 33 heavy (non-hydrogen) atoms. The molecule has 0 bridgehead atoms. The highest BCUT2D eigenvalue weighted by Crippen LogP contribution is 2.38. The molecule has 0 unspecified atom stereocenters. The predicted octanol–water partition coefficient (Wildman–Crippen LogP) is 5.07. The first-order valence-corrected chi connectivity index (χ1v) is 12.2. The lowest BCUT2D eigenvalue weighted by Gasteiger charge is -2.09. The molecule has 1 N–H and O–H groups in total. The lowest BCUT2D eigenvalue weighted by atomic mass is 10.1. The molecule has 5 rings (SSSR count). The van der Waals surface area contributed by atoms with Gasteiger partial charge in [0.05, 0.1) is 17.1 Å². The maximum atomic E-state index is 12.9. The number of carbonyl (C=O) groups excluding carboxylic acids is 1. The minimum atomic E-state index is -0.104. The van der Waals surface area contributed by atoms with Crippen molar-refractivity contribution in [1.29, 1.82) is 0 Å². The summed E-state index contributed by atoms with van der Waals surface area (Å²) >= 11 is 1.42. The van der Waals surface area contributed by atoms with Gasteiger partial charge in [0.25, 0.3) is 0 Å². The van der Waals surface area contributed by atoms with Gasteiger partial charge in [0.15, 0.2) is 5.16 Å². The molecule has 8 heteroatoms. The molecule has 0 atom stereocenters. The van der Waals surface area contributed by atoms with E-state index in [1.54, 1.807) is 4.68 Å². The fourth-order valence-corrected chi connectivity index (χ4v) is 4.65. The number of anilines is 1. The number of carbonyl (C=O) groups is 1. The zero-order valence-electron chi connectivity index (χ0n) is 18.7. The Kier molecular flexibility index (Phi) is 6.00. The van der Waals surface area contributed by atoms with E-state index >= 15 is 0 Å². The van der Waals surface area contributed by atoms with Crippen molar-refractivity contribution >= 4 is 23.5 Å². The van der Waals surface area contributed by atoms with Gasteiger partial charge >= 0.3 is 0 Å². The second-order valence-electron chi connectivity index (χ2n) is 8.18. The zero-order valence-corrected chi connectivity index (χ0v) is 19.5. The molecule has 2 aromatic heterocycles. The average Bonchev–Trinajstić information content (AvgIpc) is 3.49. The number of rotatable bonds is 8. The van der Waals surface area contributed by atoms with Crippen molar-refractivity contribution in [3.05, 3.63) is 72.1 Å². The second-order valence-corrected chi connectivity index (χ2v) is 9.12. The Bertz CT molecular complexity index is 1260. The Morgan fingerprint density at radius 3 is 2.55 bits per heavy atom. The lowest BCUT2D eigenvalue weighted by molar-refractivity contribution is -0.113. The fourth-order valence-electron chi connectivity index (χ4n) is 3.80. The molecule has 2 aromatic carbocycles. The Morgan fingerprint density at radius 1 is 1.09 bits per heavy atom. The highest BCUT2D eigenvalue weighted by atomic mass is 32.2. The molecule has 4 aromatic rings. The van der Waals surface area contributed by atoms with Crippen LogP contribution in [0.25, 0.3) is 16.9 Å². The predicted molar refractivity (Wildman–Crippen MR) is 131 cm³/mol. The van der Waals surface area contributed by atoms with Crippen molar-refractivity contribution in [2.75, 3.05) is 11.1 Å². The van der Waals surface area contributed by atoms with Gasteiger partial charge in [0, 0.05) is 17.7 Å². The Morgan fingerprint density at radius 2 is 1.85 bits per heavy atom. The number of amides is 1. The van der Waals surface area contributed by atoms with Gasteiger partial charge in [-0.15, -0.1) is 10.2 Å². The standard InChI is InChI=1S/C25H26N6OS/c1-3-18-9-11-19(12-10-18)22-15-23(31(29-22)21-7-5-4-6-8-21)26-24(32)16-33-25-28-27-17(2)30(25)20-13-14-20/h4-12,15,20H,3,13-14,16H2,1-2H3,(H,26,32). The summed E-state index contributed by atoms with van der Waals surface area (Å²) in [7, 11) is 0. The van der Waals surface area contributed by atoms with Crippen LogP contribution in [0.4, 0.5) is 5.82 Å². The minimum absolute atomic E-state index is 0.104. The highest BCUT2D eigenvalue weighted by molar-refractivity contribution is 7.99. The minimum Gasteiger partial charge on any atom is -0.310 e. The zero-order chi connectivity index (χ0) is 22.8. The molecule has 7 nitrogen and oxygen atoms in total. The summed E-state index contributed by atoms with van der Waals surface area (Å²) in [5.41, 5.74) is 4.00. The molecule has 1 fully saturated rings. The third kappa shape index (κ3) is 4.71. The number of aryl methyl sites for hydroxylation is 2. The van der Waals surface area contributed by atoms with E-state index in [-0.39, 0.29) is 11.7 Å². The van der Waals surface area contributed by atoms with Crippen LogP contribution in [0.1, 0.15) is 37.2 Å². The molecule has 1 amide bonds. The smallest absolute Gasteiger partial charge is 0.236 e. The van der Waals surface area contributed by atoms with Crippen LogP contribution in [0.15, 0.2) is 65.8 Å². The Labute approximate surface area is 197 Å². The number of benzene rings is 2. The van der Waals surface area contributed by atoms with Gasteiger partial charge in [-0.1, -0.05) is 61.2 Å². The van der Waals surface area contributed by atoms with E-state index in [9.17, 15) is 4.79 Å². The van der Waals surface area contributed by atoms with Gasteiger partial charge in [0.2, 0.25) is 5.91 Å². The Balaban J connectivity index is 1.37. The van der Waals surface area contributed by atoms with Crippen LogP contribution in [-0.4, -0.2) is 36.2 Å². The van der Waals surface area contributed by atoms with Crippen LogP contribution in [0.2, 0.25) is 0 Å². The number of hydrogen-bond acceptors (Lipinski definition) is 5. The van der Waals surface area contributed by atoms with Crippen LogP contribution >= 0.6 is 11.8 Å². The molecule has 1 saturated carbocycles. The fraction of sp³-hybridized carbons (Fsp3) is 0.280. The summed E-state index contributed by atoms with van der Waals surface area (Å²) in [5.74, 6) is 1.70. The summed E-state index contributed by atoms with van der Waals surface area (Å²) in [6, 6.07) is 20.6. The summed E-state index contributed by atoms with van der Waals surface area (Å²) in [4.78, 5) is 12.9. The molecule has 168 valence electrons. The van der Waals surface area contributed by atoms with Gasteiger partial charge in [-0.25, -0.2) is 4.68 Å².